The third kappa shape index (κ3) is 5.76. The number of benzene rings is 2. The summed E-state index contributed by atoms with van der Waals surface area (Å²) in [7, 11) is 0. The van der Waals surface area contributed by atoms with Gasteiger partial charge in [0.2, 0.25) is 0 Å². The first kappa shape index (κ1) is 18.1. The Morgan fingerprint density at radius 2 is 1.21 bits per heavy atom. The molecule has 2 aromatic rings. The monoisotopic (exact) mass is 332 g/mol. The highest BCUT2D eigenvalue weighted by Gasteiger charge is 2.13. The van der Waals surface area contributed by atoms with E-state index in [9.17, 15) is 25.5 Å². The molecule has 0 aliphatic heterocycles. The molecule has 2 atom stereocenters. The first-order valence-corrected chi connectivity index (χ1v) is 8.09. The molecule has 0 spiro atoms. The smallest absolute Gasteiger partial charge is 0.157 e. The molecule has 5 N–H and O–H groups in total. The summed E-state index contributed by atoms with van der Waals surface area (Å²) < 4.78 is 0. The van der Waals surface area contributed by atoms with Crippen molar-refractivity contribution in [2.75, 3.05) is 0 Å². The van der Waals surface area contributed by atoms with Gasteiger partial charge in [-0.1, -0.05) is 18.2 Å². The molecule has 0 aromatic heterocycles. The molecule has 0 heterocycles. The second-order valence-corrected chi connectivity index (χ2v) is 6.11. The predicted molar refractivity (Wildman–Crippen MR) is 91.2 cm³/mol. The predicted octanol–water partition coefficient (Wildman–Crippen LogP) is 2.48. The molecule has 2 unspecified atom stereocenters. The van der Waals surface area contributed by atoms with Gasteiger partial charge in [-0.2, -0.15) is 0 Å². The number of phenolic OH excluding ortho intramolecular Hbond substituents is 3. The molecule has 0 fully saturated rings. The summed E-state index contributed by atoms with van der Waals surface area (Å²) in [5, 5.41) is 48.0. The molecule has 0 saturated carbocycles. The number of hydrogen-bond acceptors (Lipinski definition) is 5. The maximum Gasteiger partial charge on any atom is 0.157 e. The zero-order valence-electron chi connectivity index (χ0n) is 13.5. The average Bonchev–Trinajstić information content (AvgIpc) is 2.55. The SMILES string of the molecule is Oc1ccc(CCC(O)CC(O)CCc2ccc(O)c(O)c2)cc1. The van der Waals surface area contributed by atoms with Gasteiger partial charge < -0.3 is 25.5 Å². The second kappa shape index (κ2) is 8.57. The molecule has 2 rings (SSSR count). The minimum absolute atomic E-state index is 0.163. The Bertz CT molecular complexity index is 639. The van der Waals surface area contributed by atoms with Gasteiger partial charge in [-0.15, -0.1) is 0 Å². The molecule has 0 amide bonds. The van der Waals surface area contributed by atoms with E-state index in [0.29, 0.717) is 32.1 Å². The molecule has 24 heavy (non-hydrogen) atoms. The summed E-state index contributed by atoms with van der Waals surface area (Å²) in [5.74, 6) is -0.116. The van der Waals surface area contributed by atoms with E-state index in [1.54, 1.807) is 18.2 Å². The fourth-order valence-corrected chi connectivity index (χ4v) is 2.60. The van der Waals surface area contributed by atoms with Crippen LogP contribution in [0.5, 0.6) is 17.2 Å². The summed E-state index contributed by atoms with van der Waals surface area (Å²) in [5.41, 5.74) is 1.85. The standard InChI is InChI=1S/C19H24O5/c20-15-6-1-13(2-7-15)3-8-16(21)12-17(22)9-4-14-5-10-18(23)19(24)11-14/h1-2,5-7,10-11,16-17,20-24H,3-4,8-9,12H2. The van der Waals surface area contributed by atoms with Crippen LogP contribution in [0.1, 0.15) is 30.4 Å². The maximum absolute atomic E-state index is 10.0. The Balaban J connectivity index is 1.71. The van der Waals surface area contributed by atoms with Gasteiger partial charge in [-0.25, -0.2) is 0 Å². The number of rotatable bonds is 8. The number of aryl methyl sites for hydroxylation is 2. The van der Waals surface area contributed by atoms with Crippen molar-refractivity contribution in [3.63, 3.8) is 0 Å². The van der Waals surface area contributed by atoms with Crippen LogP contribution in [-0.2, 0) is 12.8 Å². The Morgan fingerprint density at radius 1 is 0.667 bits per heavy atom. The Labute approximate surface area is 141 Å². The van der Waals surface area contributed by atoms with Crippen LogP contribution in [0.2, 0.25) is 0 Å². The lowest BCUT2D eigenvalue weighted by molar-refractivity contribution is 0.0714. The first-order chi connectivity index (χ1) is 11.4. The summed E-state index contributed by atoms with van der Waals surface area (Å²) in [6, 6.07) is 11.5. The highest BCUT2D eigenvalue weighted by molar-refractivity contribution is 5.40. The van der Waals surface area contributed by atoms with Crippen LogP contribution in [0.3, 0.4) is 0 Å². The average molecular weight is 332 g/mol. The number of aliphatic hydroxyl groups is 2. The number of phenols is 3. The molecule has 2 aromatic carbocycles. The van der Waals surface area contributed by atoms with E-state index in [1.165, 1.54) is 12.1 Å². The molecule has 0 aliphatic carbocycles. The van der Waals surface area contributed by atoms with E-state index < -0.39 is 12.2 Å². The highest BCUT2D eigenvalue weighted by Crippen LogP contribution is 2.25. The second-order valence-electron chi connectivity index (χ2n) is 6.11. The zero-order valence-corrected chi connectivity index (χ0v) is 13.5. The third-order valence-electron chi connectivity index (χ3n) is 4.05. The molecule has 130 valence electrons. The number of hydrogen-bond donors (Lipinski definition) is 5. The van der Waals surface area contributed by atoms with Crippen molar-refractivity contribution in [1.82, 2.24) is 0 Å². The largest absolute Gasteiger partial charge is 0.508 e. The van der Waals surface area contributed by atoms with E-state index in [4.69, 9.17) is 0 Å². The molecular formula is C19H24O5. The van der Waals surface area contributed by atoms with Gasteiger partial charge in [0.25, 0.3) is 0 Å². The Hall–Kier alpha value is -2.24. The van der Waals surface area contributed by atoms with Crippen LogP contribution in [0.4, 0.5) is 0 Å². The lowest BCUT2D eigenvalue weighted by Gasteiger charge is -2.16. The van der Waals surface area contributed by atoms with Crippen molar-refractivity contribution in [2.45, 2.75) is 44.3 Å². The van der Waals surface area contributed by atoms with Gasteiger partial charge in [0.1, 0.15) is 5.75 Å². The van der Waals surface area contributed by atoms with Gasteiger partial charge in [0, 0.05) is 0 Å². The van der Waals surface area contributed by atoms with Gasteiger partial charge in [-0.05, 0) is 67.5 Å². The topological polar surface area (TPSA) is 101 Å². The molecule has 0 aliphatic rings. The Kier molecular flexibility index (Phi) is 6.46. The van der Waals surface area contributed by atoms with Crippen LogP contribution in [0.25, 0.3) is 0 Å². The van der Waals surface area contributed by atoms with Crippen molar-refractivity contribution in [2.24, 2.45) is 0 Å². The van der Waals surface area contributed by atoms with Crippen LogP contribution in [0.15, 0.2) is 42.5 Å². The molecule has 0 radical (unpaired) electrons. The van der Waals surface area contributed by atoms with E-state index in [2.05, 4.69) is 0 Å². The van der Waals surface area contributed by atoms with Crippen molar-refractivity contribution >= 4 is 0 Å². The quantitative estimate of drug-likeness (QED) is 0.478. The van der Waals surface area contributed by atoms with E-state index in [0.717, 1.165) is 11.1 Å². The normalized spacial score (nSPS) is 13.6. The van der Waals surface area contributed by atoms with E-state index in [-0.39, 0.29) is 17.2 Å². The lowest BCUT2D eigenvalue weighted by Crippen LogP contribution is -2.19. The van der Waals surface area contributed by atoms with Crippen LogP contribution in [0, 0.1) is 0 Å². The fourth-order valence-electron chi connectivity index (χ4n) is 2.60. The van der Waals surface area contributed by atoms with Crippen molar-refractivity contribution in [3.8, 4) is 17.2 Å². The van der Waals surface area contributed by atoms with Gasteiger partial charge >= 0.3 is 0 Å². The molecule has 5 nitrogen and oxygen atoms in total. The summed E-state index contributed by atoms with van der Waals surface area (Å²) >= 11 is 0. The molecule has 0 saturated heterocycles. The fraction of sp³-hybridized carbons (Fsp3) is 0.368. The number of aliphatic hydroxyl groups excluding tert-OH is 2. The van der Waals surface area contributed by atoms with E-state index in [1.807, 2.05) is 12.1 Å². The van der Waals surface area contributed by atoms with Crippen LogP contribution >= 0.6 is 0 Å². The van der Waals surface area contributed by atoms with E-state index >= 15 is 0 Å². The number of aromatic hydroxyl groups is 3. The van der Waals surface area contributed by atoms with Crippen molar-refractivity contribution < 1.29 is 25.5 Å². The minimum Gasteiger partial charge on any atom is -0.508 e. The van der Waals surface area contributed by atoms with Gasteiger partial charge in [-0.3, -0.25) is 0 Å². The van der Waals surface area contributed by atoms with Gasteiger partial charge in [0.05, 0.1) is 12.2 Å². The zero-order chi connectivity index (χ0) is 17.5. The van der Waals surface area contributed by atoms with Crippen LogP contribution < -0.4 is 0 Å². The maximum atomic E-state index is 10.0. The molecular weight excluding hydrogens is 308 g/mol. The Morgan fingerprint density at radius 3 is 1.79 bits per heavy atom. The highest BCUT2D eigenvalue weighted by atomic mass is 16.3. The third-order valence-corrected chi connectivity index (χ3v) is 4.05. The summed E-state index contributed by atoms with van der Waals surface area (Å²) in [4.78, 5) is 0. The van der Waals surface area contributed by atoms with Crippen molar-refractivity contribution in [1.29, 1.82) is 0 Å². The van der Waals surface area contributed by atoms with Crippen molar-refractivity contribution in [3.05, 3.63) is 53.6 Å². The van der Waals surface area contributed by atoms with Gasteiger partial charge in [0.15, 0.2) is 11.5 Å². The molecule has 5 heteroatoms. The first-order valence-electron chi connectivity index (χ1n) is 8.09. The summed E-state index contributed by atoms with van der Waals surface area (Å²) in [6.45, 7) is 0. The van der Waals surface area contributed by atoms with Crippen LogP contribution in [-0.4, -0.2) is 37.7 Å². The lowest BCUT2D eigenvalue weighted by atomic mass is 9.99. The minimum atomic E-state index is -0.629. The summed E-state index contributed by atoms with van der Waals surface area (Å²) in [6.07, 6.45) is 1.32. The molecule has 0 bridgehead atoms.